The lowest BCUT2D eigenvalue weighted by Gasteiger charge is -2.31. The Morgan fingerprint density at radius 3 is 2.30 bits per heavy atom. The molecule has 2 amide bonds. The van der Waals surface area contributed by atoms with Crippen molar-refractivity contribution in [2.45, 2.75) is 51.0 Å². The highest BCUT2D eigenvalue weighted by molar-refractivity contribution is 5.95. The van der Waals surface area contributed by atoms with Gasteiger partial charge in [0.25, 0.3) is 5.91 Å². The van der Waals surface area contributed by atoms with Crippen LogP contribution in [0.5, 0.6) is 0 Å². The zero-order valence-electron chi connectivity index (χ0n) is 16.0. The standard InChI is InChI=1S/C23H28N2O2/c1-25(21-10-6-3-7-11-21)23(27)19-13-15-20(16-14-19)24-22(26)17-12-18-8-4-2-5-9-18/h2,4-5,8-9,13-16,21H,3,6-7,10-12,17H2,1H3,(H,24,26). The van der Waals surface area contributed by atoms with Gasteiger partial charge < -0.3 is 10.2 Å². The SMILES string of the molecule is CN(C(=O)c1ccc(NC(=O)CCc2ccccc2)cc1)C1CCCCC1. The number of anilines is 1. The average molecular weight is 364 g/mol. The summed E-state index contributed by atoms with van der Waals surface area (Å²) in [5.74, 6) is 0.0427. The van der Waals surface area contributed by atoms with Crippen LogP contribution in [-0.2, 0) is 11.2 Å². The van der Waals surface area contributed by atoms with Crippen LogP contribution in [0.1, 0.15) is 54.4 Å². The van der Waals surface area contributed by atoms with Crippen LogP contribution in [0.15, 0.2) is 54.6 Å². The molecule has 1 aliphatic carbocycles. The molecule has 0 unspecified atom stereocenters. The lowest BCUT2D eigenvalue weighted by molar-refractivity contribution is -0.116. The smallest absolute Gasteiger partial charge is 0.253 e. The van der Waals surface area contributed by atoms with Crippen molar-refractivity contribution in [3.8, 4) is 0 Å². The number of amides is 2. The summed E-state index contributed by atoms with van der Waals surface area (Å²) in [5.41, 5.74) is 2.55. The molecule has 2 aromatic rings. The molecule has 0 saturated heterocycles. The molecule has 1 aliphatic rings. The Bertz CT molecular complexity index is 750. The maximum absolute atomic E-state index is 12.7. The van der Waals surface area contributed by atoms with Gasteiger partial charge in [-0.25, -0.2) is 0 Å². The molecular weight excluding hydrogens is 336 g/mol. The van der Waals surface area contributed by atoms with Gasteiger partial charge in [-0.15, -0.1) is 0 Å². The van der Waals surface area contributed by atoms with E-state index in [0.29, 0.717) is 18.0 Å². The number of hydrogen-bond donors (Lipinski definition) is 1. The topological polar surface area (TPSA) is 49.4 Å². The van der Waals surface area contributed by atoms with Gasteiger partial charge in [0.15, 0.2) is 0 Å². The highest BCUT2D eigenvalue weighted by Gasteiger charge is 2.22. The summed E-state index contributed by atoms with van der Waals surface area (Å²) in [5, 5.41) is 2.91. The minimum atomic E-state index is -0.0164. The van der Waals surface area contributed by atoms with E-state index in [1.54, 1.807) is 12.1 Å². The Balaban J connectivity index is 1.51. The summed E-state index contributed by atoms with van der Waals surface area (Å²) in [6.07, 6.45) is 7.03. The summed E-state index contributed by atoms with van der Waals surface area (Å²) < 4.78 is 0. The van der Waals surface area contributed by atoms with Gasteiger partial charge in [0.2, 0.25) is 5.91 Å². The predicted octanol–water partition coefficient (Wildman–Crippen LogP) is 4.66. The van der Waals surface area contributed by atoms with Crippen LogP contribution in [0.25, 0.3) is 0 Å². The van der Waals surface area contributed by atoms with E-state index in [9.17, 15) is 9.59 Å². The number of nitrogens with one attached hydrogen (secondary N) is 1. The fraction of sp³-hybridized carbons (Fsp3) is 0.391. The van der Waals surface area contributed by atoms with E-state index in [0.717, 1.165) is 30.5 Å². The van der Waals surface area contributed by atoms with Crippen molar-refractivity contribution in [1.82, 2.24) is 4.90 Å². The van der Waals surface area contributed by atoms with Crippen molar-refractivity contribution in [1.29, 1.82) is 0 Å². The van der Waals surface area contributed by atoms with Gasteiger partial charge in [-0.3, -0.25) is 9.59 Å². The van der Waals surface area contributed by atoms with E-state index in [-0.39, 0.29) is 11.8 Å². The molecule has 4 heteroatoms. The number of hydrogen-bond acceptors (Lipinski definition) is 2. The second-order valence-electron chi connectivity index (χ2n) is 7.32. The first-order chi connectivity index (χ1) is 13.1. The molecule has 3 rings (SSSR count). The summed E-state index contributed by atoms with van der Waals surface area (Å²) in [4.78, 5) is 26.7. The van der Waals surface area contributed by atoms with E-state index in [1.807, 2.05) is 54.4 Å². The molecule has 0 bridgehead atoms. The second-order valence-corrected chi connectivity index (χ2v) is 7.32. The lowest BCUT2D eigenvalue weighted by Crippen LogP contribution is -2.38. The van der Waals surface area contributed by atoms with E-state index in [1.165, 1.54) is 19.3 Å². The summed E-state index contributed by atoms with van der Waals surface area (Å²) >= 11 is 0. The number of rotatable bonds is 6. The van der Waals surface area contributed by atoms with E-state index in [2.05, 4.69) is 5.32 Å². The lowest BCUT2D eigenvalue weighted by atomic mass is 9.94. The van der Waals surface area contributed by atoms with Gasteiger partial charge in [-0.2, -0.15) is 0 Å². The van der Waals surface area contributed by atoms with Gasteiger partial charge in [-0.1, -0.05) is 49.6 Å². The fourth-order valence-corrected chi connectivity index (χ4v) is 3.66. The molecule has 1 N–H and O–H groups in total. The van der Waals surface area contributed by atoms with Crippen molar-refractivity contribution >= 4 is 17.5 Å². The number of benzene rings is 2. The maximum Gasteiger partial charge on any atom is 0.253 e. The summed E-state index contributed by atoms with van der Waals surface area (Å²) in [6, 6.07) is 17.5. The minimum absolute atomic E-state index is 0.0164. The Labute approximate surface area is 161 Å². The van der Waals surface area contributed by atoms with Crippen LogP contribution >= 0.6 is 0 Å². The van der Waals surface area contributed by atoms with Crippen LogP contribution in [-0.4, -0.2) is 29.8 Å². The normalized spacial score (nSPS) is 14.6. The third-order valence-corrected chi connectivity index (χ3v) is 5.34. The first kappa shape index (κ1) is 19.2. The van der Waals surface area contributed by atoms with Crippen molar-refractivity contribution in [3.63, 3.8) is 0 Å². The van der Waals surface area contributed by atoms with Crippen molar-refractivity contribution < 1.29 is 9.59 Å². The fourth-order valence-electron chi connectivity index (χ4n) is 3.66. The van der Waals surface area contributed by atoms with Crippen LogP contribution in [0.2, 0.25) is 0 Å². The van der Waals surface area contributed by atoms with Crippen LogP contribution in [0.4, 0.5) is 5.69 Å². The molecule has 142 valence electrons. The zero-order valence-corrected chi connectivity index (χ0v) is 16.0. The quantitative estimate of drug-likeness (QED) is 0.810. The number of carbonyl (C=O) groups excluding carboxylic acids is 2. The Hall–Kier alpha value is -2.62. The van der Waals surface area contributed by atoms with Gasteiger partial charge in [0.1, 0.15) is 0 Å². The molecule has 0 aliphatic heterocycles. The average Bonchev–Trinajstić information content (AvgIpc) is 2.73. The Morgan fingerprint density at radius 2 is 1.63 bits per heavy atom. The molecule has 27 heavy (non-hydrogen) atoms. The van der Waals surface area contributed by atoms with Gasteiger partial charge in [-0.05, 0) is 49.1 Å². The molecule has 0 atom stereocenters. The van der Waals surface area contributed by atoms with Crippen LogP contribution in [0.3, 0.4) is 0 Å². The summed E-state index contributed by atoms with van der Waals surface area (Å²) in [7, 11) is 1.90. The molecule has 1 fully saturated rings. The number of aryl methyl sites for hydroxylation is 1. The maximum atomic E-state index is 12.7. The highest BCUT2D eigenvalue weighted by atomic mass is 16.2. The monoisotopic (exact) mass is 364 g/mol. The van der Waals surface area contributed by atoms with Crippen molar-refractivity contribution in [2.24, 2.45) is 0 Å². The molecule has 2 aromatic carbocycles. The van der Waals surface area contributed by atoms with Gasteiger partial charge >= 0.3 is 0 Å². The van der Waals surface area contributed by atoms with Crippen LogP contribution in [0, 0.1) is 0 Å². The largest absolute Gasteiger partial charge is 0.339 e. The minimum Gasteiger partial charge on any atom is -0.339 e. The molecule has 4 nitrogen and oxygen atoms in total. The highest BCUT2D eigenvalue weighted by Crippen LogP contribution is 2.23. The first-order valence-corrected chi connectivity index (χ1v) is 9.84. The molecule has 0 heterocycles. The Kier molecular flexibility index (Phi) is 6.64. The van der Waals surface area contributed by atoms with E-state index < -0.39 is 0 Å². The third kappa shape index (κ3) is 5.43. The van der Waals surface area contributed by atoms with E-state index >= 15 is 0 Å². The number of carbonyl (C=O) groups is 2. The molecule has 1 saturated carbocycles. The zero-order chi connectivity index (χ0) is 19.1. The third-order valence-electron chi connectivity index (χ3n) is 5.34. The molecule has 0 aromatic heterocycles. The van der Waals surface area contributed by atoms with Gasteiger partial charge in [0, 0.05) is 30.8 Å². The molecule has 0 spiro atoms. The number of nitrogens with zero attached hydrogens (tertiary/aromatic N) is 1. The molecule has 0 radical (unpaired) electrons. The van der Waals surface area contributed by atoms with Crippen molar-refractivity contribution in [2.75, 3.05) is 12.4 Å². The van der Waals surface area contributed by atoms with Crippen LogP contribution < -0.4 is 5.32 Å². The molecular formula is C23H28N2O2. The van der Waals surface area contributed by atoms with E-state index in [4.69, 9.17) is 0 Å². The Morgan fingerprint density at radius 1 is 0.963 bits per heavy atom. The predicted molar refractivity (Wildman–Crippen MR) is 109 cm³/mol. The summed E-state index contributed by atoms with van der Waals surface area (Å²) in [6.45, 7) is 0. The first-order valence-electron chi connectivity index (χ1n) is 9.84. The van der Waals surface area contributed by atoms with Crippen molar-refractivity contribution in [3.05, 3.63) is 65.7 Å². The van der Waals surface area contributed by atoms with Gasteiger partial charge in [0.05, 0.1) is 0 Å². The second kappa shape index (κ2) is 9.36.